The molecule has 1 spiro atoms. The van der Waals surface area contributed by atoms with Gasteiger partial charge in [0.2, 0.25) is 0 Å². The van der Waals surface area contributed by atoms with Crippen molar-refractivity contribution in [1.29, 1.82) is 0 Å². The molecule has 4 saturated heterocycles. The van der Waals surface area contributed by atoms with Crippen molar-refractivity contribution in [2.75, 3.05) is 20.3 Å². The van der Waals surface area contributed by atoms with Gasteiger partial charge in [0.1, 0.15) is 18.0 Å². The zero-order valence-electron chi connectivity index (χ0n) is 21.5. The lowest BCUT2D eigenvalue weighted by molar-refractivity contribution is -0.265. The van der Waals surface area contributed by atoms with Gasteiger partial charge >= 0.3 is 0 Å². The second-order valence-corrected chi connectivity index (χ2v) is 12.5. The lowest BCUT2D eigenvalue weighted by Gasteiger charge is -2.52. The van der Waals surface area contributed by atoms with Crippen LogP contribution in [-0.4, -0.2) is 68.0 Å². The van der Waals surface area contributed by atoms with Crippen LogP contribution in [0, 0.1) is 22.7 Å². The van der Waals surface area contributed by atoms with Gasteiger partial charge < -0.3 is 33.5 Å². The number of allylic oxidation sites excluding steroid dienone is 2. The van der Waals surface area contributed by atoms with E-state index in [2.05, 4.69) is 19.9 Å². The summed E-state index contributed by atoms with van der Waals surface area (Å²) in [6.07, 6.45) is 8.26. The van der Waals surface area contributed by atoms with Gasteiger partial charge in [-0.05, 0) is 69.3 Å². The van der Waals surface area contributed by atoms with Crippen LogP contribution < -0.4 is 0 Å². The van der Waals surface area contributed by atoms with E-state index in [1.165, 1.54) is 17.8 Å². The van der Waals surface area contributed by atoms with Crippen LogP contribution >= 0.6 is 0 Å². The van der Waals surface area contributed by atoms with Gasteiger partial charge in [-0.1, -0.05) is 18.6 Å². The first-order chi connectivity index (χ1) is 16.8. The number of aliphatic hydroxyl groups is 1. The molecule has 4 heterocycles. The minimum atomic E-state index is -0.608. The molecule has 7 heteroatoms. The number of fused-ring (bicyclic) bond motifs is 3. The fourth-order valence-corrected chi connectivity index (χ4v) is 8.92. The van der Waals surface area contributed by atoms with E-state index < -0.39 is 11.9 Å². The fraction of sp³-hybridized carbons (Fsp3) is 0.857. The van der Waals surface area contributed by atoms with Gasteiger partial charge in [0.15, 0.2) is 12.1 Å². The van der Waals surface area contributed by atoms with Gasteiger partial charge in [-0.2, -0.15) is 0 Å². The van der Waals surface area contributed by atoms with Crippen molar-refractivity contribution in [2.45, 2.75) is 108 Å². The minimum absolute atomic E-state index is 0.0151. The normalized spacial score (nSPS) is 54.5. The molecule has 3 aliphatic carbocycles. The molecule has 0 aromatic carbocycles. The number of hydrogen-bond donors (Lipinski definition) is 1. The van der Waals surface area contributed by atoms with Crippen LogP contribution in [0.4, 0.5) is 0 Å². The maximum atomic E-state index is 10.3. The highest BCUT2D eigenvalue weighted by atomic mass is 16.7. The molecular formula is C28H40O7. The third kappa shape index (κ3) is 3.12. The van der Waals surface area contributed by atoms with E-state index in [4.69, 9.17) is 28.4 Å². The fourth-order valence-electron chi connectivity index (χ4n) is 8.92. The second kappa shape index (κ2) is 7.78. The van der Waals surface area contributed by atoms with Crippen molar-refractivity contribution in [1.82, 2.24) is 0 Å². The highest BCUT2D eigenvalue weighted by Crippen LogP contribution is 2.68. The van der Waals surface area contributed by atoms with Gasteiger partial charge in [-0.25, -0.2) is 0 Å². The van der Waals surface area contributed by atoms with Crippen LogP contribution in [0.5, 0.6) is 0 Å². The molecular weight excluding hydrogens is 448 g/mol. The summed E-state index contributed by atoms with van der Waals surface area (Å²) in [4.78, 5) is 0. The molecule has 0 unspecified atom stereocenters. The Morgan fingerprint density at radius 3 is 2.83 bits per heavy atom. The summed E-state index contributed by atoms with van der Waals surface area (Å²) in [5, 5.41) is 10.3. The molecule has 0 aromatic rings. The van der Waals surface area contributed by atoms with Gasteiger partial charge in [-0.3, -0.25) is 0 Å². The molecule has 0 radical (unpaired) electrons. The topological polar surface area (TPSA) is 75.6 Å². The van der Waals surface area contributed by atoms with Crippen molar-refractivity contribution in [2.24, 2.45) is 22.7 Å². The van der Waals surface area contributed by atoms with E-state index in [0.29, 0.717) is 24.9 Å². The minimum Gasteiger partial charge on any atom is -0.491 e. The summed E-state index contributed by atoms with van der Waals surface area (Å²) in [5.74, 6) is 1.65. The molecule has 0 aromatic heterocycles. The Labute approximate surface area is 208 Å². The van der Waals surface area contributed by atoms with Gasteiger partial charge in [0, 0.05) is 13.5 Å². The molecule has 194 valence electrons. The van der Waals surface area contributed by atoms with Gasteiger partial charge in [0.25, 0.3) is 0 Å². The van der Waals surface area contributed by atoms with E-state index in [1.54, 1.807) is 12.7 Å². The monoisotopic (exact) mass is 488 g/mol. The lowest BCUT2D eigenvalue weighted by atomic mass is 9.52. The van der Waals surface area contributed by atoms with Crippen LogP contribution in [0.3, 0.4) is 0 Å². The molecule has 7 aliphatic rings. The summed E-state index contributed by atoms with van der Waals surface area (Å²) in [5.41, 5.74) is 3.25. The van der Waals surface area contributed by atoms with E-state index >= 15 is 0 Å². The molecule has 5 fully saturated rings. The first kappa shape index (κ1) is 23.2. The quantitative estimate of drug-likeness (QED) is 0.605. The predicted octanol–water partition coefficient (Wildman–Crippen LogP) is 3.84. The largest absolute Gasteiger partial charge is 0.491 e. The van der Waals surface area contributed by atoms with Crippen LogP contribution in [0.15, 0.2) is 23.0 Å². The van der Waals surface area contributed by atoms with Gasteiger partial charge in [0.05, 0.1) is 42.9 Å². The molecule has 7 nitrogen and oxygen atoms in total. The Kier molecular flexibility index (Phi) is 5.15. The average Bonchev–Trinajstić information content (AvgIpc) is 3.46. The zero-order valence-corrected chi connectivity index (χ0v) is 21.5. The molecule has 0 bridgehead atoms. The smallest absolute Gasteiger partial charge is 0.173 e. The molecule has 1 saturated carbocycles. The third-order valence-electron chi connectivity index (χ3n) is 10.8. The number of ether oxygens (including phenoxy) is 6. The maximum absolute atomic E-state index is 10.3. The maximum Gasteiger partial charge on any atom is 0.173 e. The highest BCUT2D eigenvalue weighted by Gasteiger charge is 2.72. The van der Waals surface area contributed by atoms with Crippen molar-refractivity contribution in [3.63, 3.8) is 0 Å². The van der Waals surface area contributed by atoms with Crippen LogP contribution in [0.2, 0.25) is 0 Å². The lowest BCUT2D eigenvalue weighted by Crippen LogP contribution is -2.50. The molecule has 35 heavy (non-hydrogen) atoms. The van der Waals surface area contributed by atoms with E-state index in [1.807, 2.05) is 6.92 Å². The van der Waals surface area contributed by atoms with E-state index in [0.717, 1.165) is 38.7 Å². The summed E-state index contributed by atoms with van der Waals surface area (Å²) in [7, 11) is 1.65. The zero-order chi connectivity index (χ0) is 24.2. The van der Waals surface area contributed by atoms with Crippen molar-refractivity contribution in [3.05, 3.63) is 23.0 Å². The summed E-state index contributed by atoms with van der Waals surface area (Å²) >= 11 is 0. The van der Waals surface area contributed by atoms with Crippen molar-refractivity contribution in [3.8, 4) is 0 Å². The number of methoxy groups -OCH3 is 1. The Morgan fingerprint density at radius 1 is 1.14 bits per heavy atom. The standard InChI is InChI=1S/C28H40O7/c1-15-23(29)20(30-4)12-22(33-15)34-17-7-9-26(2)16(11-17)5-6-18-19(26)8-10-28-14-32-27(3)24(28)21(13-31-27)35-25(18)28/h5,15,17,19-24,29H,6-14H2,1-4H3/t15-,17+,19+,20-,21-,22+,23-,24-,26+,27-,28+/m1/s1. The Hall–Kier alpha value is -0.960. The van der Waals surface area contributed by atoms with E-state index in [9.17, 15) is 5.11 Å². The molecule has 4 aliphatic heterocycles. The number of aliphatic hydroxyl groups excluding tert-OH is 1. The van der Waals surface area contributed by atoms with Crippen LogP contribution in [0.1, 0.15) is 65.7 Å². The summed E-state index contributed by atoms with van der Waals surface area (Å²) in [6.45, 7) is 7.86. The average molecular weight is 489 g/mol. The Morgan fingerprint density at radius 2 is 2.00 bits per heavy atom. The Balaban J connectivity index is 1.11. The predicted molar refractivity (Wildman–Crippen MR) is 126 cm³/mol. The third-order valence-corrected chi connectivity index (χ3v) is 10.8. The van der Waals surface area contributed by atoms with Crippen molar-refractivity contribution < 1.29 is 33.5 Å². The van der Waals surface area contributed by atoms with E-state index in [-0.39, 0.29) is 41.5 Å². The number of rotatable bonds is 3. The van der Waals surface area contributed by atoms with Gasteiger partial charge in [-0.15, -0.1) is 0 Å². The summed E-state index contributed by atoms with van der Waals surface area (Å²) in [6, 6.07) is 0. The molecule has 11 atom stereocenters. The molecule has 1 N–H and O–H groups in total. The highest BCUT2D eigenvalue weighted by molar-refractivity contribution is 5.40. The molecule has 0 amide bonds. The first-order valence-corrected chi connectivity index (χ1v) is 13.7. The molecule has 7 rings (SSSR count). The SMILES string of the molecule is CO[C@@H]1C[C@H](O[C@H]2CC[C@@]3(C)C(=CCC4=C5O[C@@H]6CO[C@]7(C)OC[C@@]5(CC[C@@H]43)[C@H]67)C2)O[C@H](C)[C@H]1O. The van der Waals surface area contributed by atoms with Crippen LogP contribution in [-0.2, 0) is 28.4 Å². The first-order valence-electron chi connectivity index (χ1n) is 13.7. The van der Waals surface area contributed by atoms with Crippen LogP contribution in [0.25, 0.3) is 0 Å². The summed E-state index contributed by atoms with van der Waals surface area (Å²) < 4.78 is 37.0. The van der Waals surface area contributed by atoms with Crippen molar-refractivity contribution >= 4 is 0 Å². The number of hydrogen-bond acceptors (Lipinski definition) is 7. The second-order valence-electron chi connectivity index (χ2n) is 12.5. The Bertz CT molecular complexity index is 961.